The van der Waals surface area contributed by atoms with Gasteiger partial charge in [0.15, 0.2) is 0 Å². The number of amides is 3. The number of hydrogen-bond donors (Lipinski definition) is 2. The van der Waals surface area contributed by atoms with Crippen molar-refractivity contribution in [3.63, 3.8) is 0 Å². The van der Waals surface area contributed by atoms with E-state index in [0.29, 0.717) is 34.6 Å². The number of carbonyl (C=O) groups is 3. The number of nitrogens with one attached hydrogen (secondary N) is 2. The van der Waals surface area contributed by atoms with Crippen LogP contribution in [0.15, 0.2) is 59.8 Å². The molecule has 1 heterocycles. The van der Waals surface area contributed by atoms with Gasteiger partial charge >= 0.3 is 12.0 Å². The van der Waals surface area contributed by atoms with E-state index in [-0.39, 0.29) is 11.9 Å². The lowest BCUT2D eigenvalue weighted by Crippen LogP contribution is -2.48. The molecule has 2 aromatic rings. The standard InChI is InChI=1S/C25H29N3O4/c1-5-14-28-16(3)21(24(30)32-4)22(27-25(28)31)19-8-7-9-20(15-19)26-23(29)18-12-10-17(6-2)11-13-18/h7-13,15,22H,5-6,14H2,1-4H3,(H,26,29)(H,27,31). The van der Waals surface area contributed by atoms with E-state index in [9.17, 15) is 14.4 Å². The Labute approximate surface area is 188 Å². The Hall–Kier alpha value is -3.61. The van der Waals surface area contributed by atoms with Crippen LogP contribution >= 0.6 is 0 Å². The lowest BCUT2D eigenvalue weighted by atomic mass is 9.94. The minimum absolute atomic E-state index is 0.230. The fourth-order valence-electron chi connectivity index (χ4n) is 3.79. The van der Waals surface area contributed by atoms with E-state index in [0.717, 1.165) is 18.4 Å². The van der Waals surface area contributed by atoms with Crippen molar-refractivity contribution in [1.82, 2.24) is 10.2 Å². The normalized spacial score (nSPS) is 15.9. The molecule has 7 heteroatoms. The van der Waals surface area contributed by atoms with Gasteiger partial charge in [-0.2, -0.15) is 0 Å². The number of rotatable bonds is 7. The summed E-state index contributed by atoms with van der Waals surface area (Å²) in [6, 6.07) is 13.6. The van der Waals surface area contributed by atoms with Crippen LogP contribution in [0.5, 0.6) is 0 Å². The zero-order valence-corrected chi connectivity index (χ0v) is 18.9. The highest BCUT2D eigenvalue weighted by molar-refractivity contribution is 6.04. The number of methoxy groups -OCH3 is 1. The second-order valence-electron chi connectivity index (χ2n) is 7.65. The van der Waals surface area contributed by atoms with Crippen molar-refractivity contribution in [3.8, 4) is 0 Å². The summed E-state index contributed by atoms with van der Waals surface area (Å²) in [5.74, 6) is -0.731. The lowest BCUT2D eigenvalue weighted by molar-refractivity contribution is -0.136. The van der Waals surface area contributed by atoms with Crippen LogP contribution in [0.25, 0.3) is 0 Å². The molecule has 0 aliphatic carbocycles. The monoisotopic (exact) mass is 435 g/mol. The summed E-state index contributed by atoms with van der Waals surface area (Å²) in [6.45, 7) is 6.27. The fourth-order valence-corrected chi connectivity index (χ4v) is 3.79. The van der Waals surface area contributed by atoms with Gasteiger partial charge in [0, 0.05) is 23.5 Å². The van der Waals surface area contributed by atoms with E-state index in [1.165, 1.54) is 7.11 Å². The molecule has 1 aliphatic heterocycles. The fraction of sp³-hybridized carbons (Fsp3) is 0.320. The first-order chi connectivity index (χ1) is 15.4. The summed E-state index contributed by atoms with van der Waals surface area (Å²) < 4.78 is 5.00. The van der Waals surface area contributed by atoms with Gasteiger partial charge in [-0.15, -0.1) is 0 Å². The second-order valence-corrected chi connectivity index (χ2v) is 7.65. The molecule has 2 N–H and O–H groups in total. The van der Waals surface area contributed by atoms with Gasteiger partial charge in [-0.05, 0) is 55.2 Å². The van der Waals surface area contributed by atoms with Gasteiger partial charge in [0.25, 0.3) is 5.91 Å². The number of urea groups is 1. The number of esters is 1. The third-order valence-corrected chi connectivity index (χ3v) is 5.55. The van der Waals surface area contributed by atoms with Crippen LogP contribution in [0.3, 0.4) is 0 Å². The summed E-state index contributed by atoms with van der Waals surface area (Å²) in [7, 11) is 1.32. The molecule has 0 saturated carbocycles. The Morgan fingerprint density at radius 2 is 1.84 bits per heavy atom. The third-order valence-electron chi connectivity index (χ3n) is 5.55. The van der Waals surface area contributed by atoms with E-state index in [4.69, 9.17) is 4.74 Å². The Kier molecular flexibility index (Phi) is 7.30. The number of hydrogen-bond acceptors (Lipinski definition) is 4. The maximum atomic E-state index is 12.7. The highest BCUT2D eigenvalue weighted by atomic mass is 16.5. The molecule has 32 heavy (non-hydrogen) atoms. The number of ether oxygens (including phenoxy) is 1. The molecule has 1 atom stereocenters. The van der Waals surface area contributed by atoms with Crippen LogP contribution < -0.4 is 10.6 Å². The molecule has 1 unspecified atom stereocenters. The van der Waals surface area contributed by atoms with Crippen LogP contribution in [0.4, 0.5) is 10.5 Å². The average Bonchev–Trinajstić information content (AvgIpc) is 2.81. The van der Waals surface area contributed by atoms with E-state index >= 15 is 0 Å². The summed E-state index contributed by atoms with van der Waals surface area (Å²) in [5, 5.41) is 5.79. The highest BCUT2D eigenvalue weighted by Crippen LogP contribution is 2.32. The van der Waals surface area contributed by atoms with E-state index in [2.05, 4.69) is 17.6 Å². The summed E-state index contributed by atoms with van der Waals surface area (Å²) in [5.41, 5.74) is 3.90. The largest absolute Gasteiger partial charge is 0.466 e. The van der Waals surface area contributed by atoms with Gasteiger partial charge in [0.1, 0.15) is 0 Å². The quantitative estimate of drug-likeness (QED) is 0.630. The highest BCUT2D eigenvalue weighted by Gasteiger charge is 2.36. The SMILES string of the molecule is CCCN1C(=O)NC(c2cccc(NC(=O)c3ccc(CC)cc3)c2)C(C(=O)OC)=C1C. The third kappa shape index (κ3) is 4.82. The Bertz CT molecular complexity index is 1040. The number of nitrogens with zero attached hydrogens (tertiary/aromatic N) is 1. The van der Waals surface area contributed by atoms with Crippen LogP contribution in [-0.4, -0.2) is 36.5 Å². The predicted molar refractivity (Wildman–Crippen MR) is 123 cm³/mol. The molecule has 0 spiro atoms. The van der Waals surface area contributed by atoms with Gasteiger partial charge in [0.2, 0.25) is 0 Å². The van der Waals surface area contributed by atoms with Gasteiger partial charge in [-0.25, -0.2) is 9.59 Å². The molecular weight excluding hydrogens is 406 g/mol. The Morgan fingerprint density at radius 1 is 1.12 bits per heavy atom. The molecule has 0 bridgehead atoms. The predicted octanol–water partition coefficient (Wildman–Crippen LogP) is 4.42. The summed E-state index contributed by atoms with van der Waals surface area (Å²) in [4.78, 5) is 39.5. The summed E-state index contributed by atoms with van der Waals surface area (Å²) in [6.07, 6.45) is 1.66. The second kappa shape index (κ2) is 10.1. The molecule has 0 saturated heterocycles. The number of aryl methyl sites for hydroxylation is 1. The number of benzene rings is 2. The van der Waals surface area contributed by atoms with E-state index in [1.807, 2.05) is 25.1 Å². The van der Waals surface area contributed by atoms with E-state index in [1.54, 1.807) is 42.2 Å². The summed E-state index contributed by atoms with van der Waals surface area (Å²) >= 11 is 0. The average molecular weight is 436 g/mol. The van der Waals surface area contributed by atoms with E-state index < -0.39 is 12.0 Å². The minimum Gasteiger partial charge on any atom is -0.466 e. The first kappa shape index (κ1) is 23.1. The molecule has 0 radical (unpaired) electrons. The van der Waals surface area contributed by atoms with Gasteiger partial charge in [-0.1, -0.05) is 38.1 Å². The molecule has 3 amide bonds. The molecule has 0 aromatic heterocycles. The molecule has 2 aromatic carbocycles. The topological polar surface area (TPSA) is 87.7 Å². The first-order valence-electron chi connectivity index (χ1n) is 10.8. The van der Waals surface area contributed by atoms with Crippen molar-refractivity contribution in [3.05, 3.63) is 76.5 Å². The number of allylic oxidation sites excluding steroid dienone is 1. The zero-order chi connectivity index (χ0) is 23.3. The van der Waals surface area contributed by atoms with Crippen molar-refractivity contribution in [2.24, 2.45) is 0 Å². The zero-order valence-electron chi connectivity index (χ0n) is 18.9. The molecular formula is C25H29N3O4. The van der Waals surface area contributed by atoms with Crippen molar-refractivity contribution < 1.29 is 19.1 Å². The molecule has 168 valence electrons. The van der Waals surface area contributed by atoms with Crippen molar-refractivity contribution >= 4 is 23.6 Å². The molecule has 7 nitrogen and oxygen atoms in total. The van der Waals surface area contributed by atoms with Crippen molar-refractivity contribution in [2.45, 2.75) is 39.7 Å². The molecule has 0 fully saturated rings. The van der Waals surface area contributed by atoms with Gasteiger partial charge < -0.3 is 15.4 Å². The number of anilines is 1. The van der Waals surface area contributed by atoms with Crippen LogP contribution in [0.2, 0.25) is 0 Å². The van der Waals surface area contributed by atoms with Crippen LogP contribution in [-0.2, 0) is 16.0 Å². The molecule has 3 rings (SSSR count). The first-order valence-corrected chi connectivity index (χ1v) is 10.8. The van der Waals surface area contributed by atoms with Gasteiger partial charge in [-0.3, -0.25) is 9.69 Å². The molecule has 1 aliphatic rings. The Morgan fingerprint density at radius 3 is 2.47 bits per heavy atom. The van der Waals surface area contributed by atoms with Crippen LogP contribution in [0.1, 0.15) is 54.7 Å². The van der Waals surface area contributed by atoms with Gasteiger partial charge in [0.05, 0.1) is 18.7 Å². The Balaban J connectivity index is 1.90. The smallest absolute Gasteiger partial charge is 0.337 e. The van der Waals surface area contributed by atoms with Crippen molar-refractivity contribution in [2.75, 3.05) is 19.0 Å². The maximum absolute atomic E-state index is 12.7. The number of carbonyl (C=O) groups excluding carboxylic acids is 3. The maximum Gasteiger partial charge on any atom is 0.337 e. The minimum atomic E-state index is -0.677. The van der Waals surface area contributed by atoms with Crippen LogP contribution in [0, 0.1) is 0 Å². The lowest BCUT2D eigenvalue weighted by Gasteiger charge is -2.35. The van der Waals surface area contributed by atoms with Crippen molar-refractivity contribution in [1.29, 1.82) is 0 Å².